The number of hydrogen-bond donors (Lipinski definition) is 2. The van der Waals surface area contributed by atoms with E-state index in [2.05, 4.69) is 10.3 Å². The van der Waals surface area contributed by atoms with Crippen molar-refractivity contribution < 1.29 is 14.6 Å². The number of hydrogen-bond acceptors (Lipinski definition) is 4. The molecule has 0 radical (unpaired) electrons. The molecule has 1 amide bonds. The van der Waals surface area contributed by atoms with Crippen LogP contribution in [-0.2, 0) is 0 Å². The molecule has 5 nitrogen and oxygen atoms in total. The Hall–Kier alpha value is -1.62. The Balaban J connectivity index is 1.93. The van der Waals surface area contributed by atoms with Gasteiger partial charge in [0.1, 0.15) is 11.4 Å². The molecule has 0 aromatic carbocycles. The Morgan fingerprint density at radius 3 is 2.75 bits per heavy atom. The number of methoxy groups -OCH3 is 1. The van der Waals surface area contributed by atoms with Crippen LogP contribution in [0.2, 0.25) is 0 Å². The van der Waals surface area contributed by atoms with Gasteiger partial charge in [-0.3, -0.25) is 9.78 Å². The Kier molecular flexibility index (Phi) is 4.95. The van der Waals surface area contributed by atoms with Gasteiger partial charge in [-0.15, -0.1) is 0 Å². The molecule has 0 atom stereocenters. The van der Waals surface area contributed by atoms with E-state index in [0.29, 0.717) is 11.4 Å². The summed E-state index contributed by atoms with van der Waals surface area (Å²) in [6.07, 6.45) is 7.39. The summed E-state index contributed by atoms with van der Waals surface area (Å²) in [7, 11) is 1.55. The second kappa shape index (κ2) is 6.70. The van der Waals surface area contributed by atoms with Crippen LogP contribution in [0.15, 0.2) is 18.3 Å². The molecule has 1 heterocycles. The van der Waals surface area contributed by atoms with Gasteiger partial charge in [0.2, 0.25) is 0 Å². The molecule has 1 saturated carbocycles. The summed E-state index contributed by atoms with van der Waals surface area (Å²) in [4.78, 5) is 16.1. The van der Waals surface area contributed by atoms with Gasteiger partial charge in [0.25, 0.3) is 5.91 Å². The van der Waals surface area contributed by atoms with E-state index in [-0.39, 0.29) is 12.5 Å². The van der Waals surface area contributed by atoms with Crippen LogP contribution in [0, 0.1) is 0 Å². The molecule has 1 aliphatic rings. The number of nitrogens with zero attached hydrogens (tertiary/aromatic N) is 1. The minimum Gasteiger partial charge on any atom is -0.497 e. The highest BCUT2D eigenvalue weighted by Crippen LogP contribution is 2.26. The third-order valence-corrected chi connectivity index (χ3v) is 3.81. The topological polar surface area (TPSA) is 71.5 Å². The van der Waals surface area contributed by atoms with Crippen LogP contribution in [-0.4, -0.2) is 35.3 Å². The van der Waals surface area contributed by atoms with E-state index in [4.69, 9.17) is 4.74 Å². The maximum absolute atomic E-state index is 12.0. The van der Waals surface area contributed by atoms with Gasteiger partial charge in [0, 0.05) is 18.8 Å². The Morgan fingerprint density at radius 1 is 1.40 bits per heavy atom. The summed E-state index contributed by atoms with van der Waals surface area (Å²) in [5.41, 5.74) is -0.466. The quantitative estimate of drug-likeness (QED) is 0.825. The number of carbonyl (C=O) groups is 1. The van der Waals surface area contributed by atoms with E-state index in [1.165, 1.54) is 6.20 Å². The molecule has 1 aromatic rings. The fourth-order valence-corrected chi connectivity index (χ4v) is 2.56. The van der Waals surface area contributed by atoms with Crippen molar-refractivity contribution in [3.8, 4) is 5.75 Å². The lowest BCUT2D eigenvalue weighted by Gasteiger charge is -2.26. The Morgan fingerprint density at radius 2 is 2.10 bits per heavy atom. The monoisotopic (exact) mass is 278 g/mol. The zero-order valence-electron chi connectivity index (χ0n) is 11.9. The number of aliphatic hydroxyl groups is 1. The summed E-state index contributed by atoms with van der Waals surface area (Å²) in [6, 6.07) is 3.28. The standard InChI is InChI=1S/C15H22N2O3/c1-20-12-6-9-16-13(10-12)14(18)17-11-15(19)7-4-2-3-5-8-15/h6,9-10,19H,2-5,7-8,11H2,1H3,(H,17,18). The number of carbonyl (C=O) groups excluding carboxylic acids is 1. The maximum Gasteiger partial charge on any atom is 0.270 e. The minimum atomic E-state index is -0.773. The van der Waals surface area contributed by atoms with Crippen molar-refractivity contribution in [1.29, 1.82) is 0 Å². The van der Waals surface area contributed by atoms with E-state index < -0.39 is 5.60 Å². The van der Waals surface area contributed by atoms with Gasteiger partial charge >= 0.3 is 0 Å². The molecular weight excluding hydrogens is 256 g/mol. The van der Waals surface area contributed by atoms with Crippen LogP contribution in [0.4, 0.5) is 0 Å². The predicted octanol–water partition coefficient (Wildman–Crippen LogP) is 1.91. The average Bonchev–Trinajstić information content (AvgIpc) is 2.70. The summed E-state index contributed by atoms with van der Waals surface area (Å²) in [6.45, 7) is 0.282. The lowest BCUT2D eigenvalue weighted by molar-refractivity contribution is 0.0246. The molecular formula is C15H22N2O3. The highest BCUT2D eigenvalue weighted by atomic mass is 16.5. The van der Waals surface area contributed by atoms with Gasteiger partial charge in [0.15, 0.2) is 0 Å². The number of rotatable bonds is 4. The fraction of sp³-hybridized carbons (Fsp3) is 0.600. The Labute approximate surface area is 119 Å². The molecule has 0 aliphatic heterocycles. The van der Waals surface area contributed by atoms with Gasteiger partial charge < -0.3 is 15.2 Å². The van der Waals surface area contributed by atoms with Crippen molar-refractivity contribution in [2.45, 2.75) is 44.1 Å². The molecule has 5 heteroatoms. The van der Waals surface area contributed by atoms with E-state index >= 15 is 0 Å². The van der Waals surface area contributed by atoms with Gasteiger partial charge in [-0.05, 0) is 18.9 Å². The number of aromatic nitrogens is 1. The van der Waals surface area contributed by atoms with Crippen molar-refractivity contribution >= 4 is 5.91 Å². The van der Waals surface area contributed by atoms with Gasteiger partial charge in [-0.25, -0.2) is 0 Å². The maximum atomic E-state index is 12.0. The van der Waals surface area contributed by atoms with Gasteiger partial charge in [0.05, 0.1) is 12.7 Å². The molecule has 0 spiro atoms. The third-order valence-electron chi connectivity index (χ3n) is 3.81. The fourth-order valence-electron chi connectivity index (χ4n) is 2.56. The molecule has 2 N–H and O–H groups in total. The summed E-state index contributed by atoms with van der Waals surface area (Å²) >= 11 is 0. The minimum absolute atomic E-state index is 0.276. The van der Waals surface area contributed by atoms with Crippen molar-refractivity contribution in [1.82, 2.24) is 10.3 Å². The Bertz CT molecular complexity index is 454. The molecule has 1 fully saturated rings. The van der Waals surface area contributed by atoms with E-state index in [1.54, 1.807) is 19.2 Å². The van der Waals surface area contributed by atoms with Gasteiger partial charge in [-0.2, -0.15) is 0 Å². The van der Waals surface area contributed by atoms with E-state index in [9.17, 15) is 9.90 Å². The lowest BCUT2D eigenvalue weighted by Crippen LogP contribution is -2.42. The molecule has 0 bridgehead atoms. The van der Waals surface area contributed by atoms with Crippen LogP contribution in [0.3, 0.4) is 0 Å². The summed E-state index contributed by atoms with van der Waals surface area (Å²) in [5, 5.41) is 13.3. The van der Waals surface area contributed by atoms with Crippen LogP contribution < -0.4 is 10.1 Å². The highest BCUT2D eigenvalue weighted by Gasteiger charge is 2.28. The van der Waals surface area contributed by atoms with Gasteiger partial charge in [-0.1, -0.05) is 25.7 Å². The van der Waals surface area contributed by atoms with Crippen LogP contribution >= 0.6 is 0 Å². The highest BCUT2D eigenvalue weighted by molar-refractivity contribution is 5.92. The number of ether oxygens (including phenoxy) is 1. The average molecular weight is 278 g/mol. The molecule has 2 rings (SSSR count). The van der Waals surface area contributed by atoms with Crippen molar-refractivity contribution in [2.24, 2.45) is 0 Å². The molecule has 20 heavy (non-hydrogen) atoms. The van der Waals surface area contributed by atoms with Crippen LogP contribution in [0.1, 0.15) is 49.0 Å². The molecule has 0 unspecified atom stereocenters. The second-order valence-corrected chi connectivity index (χ2v) is 5.40. The predicted molar refractivity (Wildman–Crippen MR) is 75.8 cm³/mol. The second-order valence-electron chi connectivity index (χ2n) is 5.40. The number of nitrogens with one attached hydrogen (secondary N) is 1. The summed E-state index contributed by atoms with van der Waals surface area (Å²) < 4.78 is 5.07. The summed E-state index contributed by atoms with van der Waals surface area (Å²) in [5.74, 6) is 0.319. The van der Waals surface area contributed by atoms with Crippen LogP contribution in [0.25, 0.3) is 0 Å². The van der Waals surface area contributed by atoms with Crippen molar-refractivity contribution in [2.75, 3.05) is 13.7 Å². The van der Waals surface area contributed by atoms with E-state index in [1.807, 2.05) is 0 Å². The molecule has 0 saturated heterocycles. The van der Waals surface area contributed by atoms with E-state index in [0.717, 1.165) is 38.5 Å². The molecule has 110 valence electrons. The largest absolute Gasteiger partial charge is 0.497 e. The third kappa shape index (κ3) is 3.93. The molecule has 1 aliphatic carbocycles. The van der Waals surface area contributed by atoms with Crippen molar-refractivity contribution in [3.63, 3.8) is 0 Å². The van der Waals surface area contributed by atoms with Crippen molar-refractivity contribution in [3.05, 3.63) is 24.0 Å². The zero-order chi connectivity index (χ0) is 14.4. The lowest BCUT2D eigenvalue weighted by atomic mass is 9.94. The zero-order valence-corrected chi connectivity index (χ0v) is 11.9. The SMILES string of the molecule is COc1ccnc(C(=O)NCC2(O)CCCCCC2)c1. The number of pyridine rings is 1. The first-order valence-electron chi connectivity index (χ1n) is 7.14. The first-order chi connectivity index (χ1) is 9.63. The molecule has 1 aromatic heterocycles. The normalized spacial score (nSPS) is 18.1. The number of amides is 1. The first kappa shape index (κ1) is 14.8. The first-order valence-corrected chi connectivity index (χ1v) is 7.14. The smallest absolute Gasteiger partial charge is 0.270 e. The van der Waals surface area contributed by atoms with Crippen LogP contribution in [0.5, 0.6) is 5.75 Å².